The van der Waals surface area contributed by atoms with Gasteiger partial charge < -0.3 is 10.2 Å². The van der Waals surface area contributed by atoms with E-state index in [0.717, 1.165) is 0 Å². The Morgan fingerprint density at radius 2 is 2.05 bits per heavy atom. The molecule has 1 heterocycles. The van der Waals surface area contributed by atoms with Crippen LogP contribution in [-0.4, -0.2) is 10.2 Å². The van der Waals surface area contributed by atoms with Gasteiger partial charge in [-0.25, -0.2) is 4.39 Å². The Balaban J connectivity index is 1.99. The lowest BCUT2D eigenvalue weighted by molar-refractivity contribution is 0.349. The molecule has 2 rings (SSSR count). The molecule has 0 amide bonds. The molecule has 1 aromatic heterocycles. The molecule has 4 nitrogen and oxygen atoms in total. The Morgan fingerprint density at radius 1 is 1.32 bits per heavy atom. The second-order valence-electron chi connectivity index (χ2n) is 4.56. The first-order chi connectivity index (χ1) is 9.08. The third-order valence-electron chi connectivity index (χ3n) is 2.73. The van der Waals surface area contributed by atoms with Crippen LogP contribution in [0, 0.1) is 11.7 Å². The van der Waals surface area contributed by atoms with E-state index in [-0.39, 0.29) is 17.8 Å². The Hall–Kier alpha value is -1.40. The average molecular weight is 281 g/mol. The van der Waals surface area contributed by atoms with E-state index in [1.54, 1.807) is 18.2 Å². The highest BCUT2D eigenvalue weighted by atomic mass is 32.2. The lowest BCUT2D eigenvalue weighted by atomic mass is 10.1. The van der Waals surface area contributed by atoms with Gasteiger partial charge in [0.1, 0.15) is 5.82 Å². The van der Waals surface area contributed by atoms with E-state index in [1.165, 1.54) is 17.8 Å². The predicted octanol–water partition coefficient (Wildman–Crippen LogP) is 3.16. The van der Waals surface area contributed by atoms with Crippen molar-refractivity contribution in [1.82, 2.24) is 10.2 Å². The van der Waals surface area contributed by atoms with Gasteiger partial charge in [-0.15, -0.1) is 10.2 Å². The van der Waals surface area contributed by atoms with Gasteiger partial charge in [0.2, 0.25) is 5.89 Å². The van der Waals surface area contributed by atoms with E-state index in [2.05, 4.69) is 10.2 Å². The molecule has 2 aromatic rings. The first-order valence-corrected chi connectivity index (χ1v) is 7.01. The Morgan fingerprint density at radius 3 is 2.74 bits per heavy atom. The van der Waals surface area contributed by atoms with E-state index in [4.69, 9.17) is 10.2 Å². The SMILES string of the molecule is CC(C)[C@@H](N)c1nnc(SCc2ccccc2F)o1. The molecule has 0 aliphatic rings. The molecule has 6 heteroatoms. The van der Waals surface area contributed by atoms with Crippen molar-refractivity contribution in [2.45, 2.75) is 30.9 Å². The number of thioether (sulfide) groups is 1. The van der Waals surface area contributed by atoms with Crippen LogP contribution in [0.15, 0.2) is 33.9 Å². The molecule has 102 valence electrons. The van der Waals surface area contributed by atoms with Crippen LogP contribution in [0.4, 0.5) is 4.39 Å². The van der Waals surface area contributed by atoms with Gasteiger partial charge in [0.25, 0.3) is 5.22 Å². The number of halogens is 1. The van der Waals surface area contributed by atoms with E-state index < -0.39 is 0 Å². The smallest absolute Gasteiger partial charge is 0.276 e. The number of aromatic nitrogens is 2. The molecule has 1 aromatic carbocycles. The van der Waals surface area contributed by atoms with Crippen LogP contribution in [0.25, 0.3) is 0 Å². The number of hydrogen-bond acceptors (Lipinski definition) is 5. The van der Waals surface area contributed by atoms with Crippen molar-refractivity contribution in [3.05, 3.63) is 41.5 Å². The monoisotopic (exact) mass is 281 g/mol. The minimum atomic E-state index is -0.268. The van der Waals surface area contributed by atoms with Crippen LogP contribution >= 0.6 is 11.8 Å². The summed E-state index contributed by atoms with van der Waals surface area (Å²) in [7, 11) is 0. The molecule has 0 unspecified atom stereocenters. The van der Waals surface area contributed by atoms with E-state index in [1.807, 2.05) is 13.8 Å². The van der Waals surface area contributed by atoms with Crippen molar-refractivity contribution in [3.8, 4) is 0 Å². The molecule has 0 aliphatic carbocycles. The van der Waals surface area contributed by atoms with Crippen LogP contribution in [0.5, 0.6) is 0 Å². The summed E-state index contributed by atoms with van der Waals surface area (Å²) in [4.78, 5) is 0. The Labute approximate surface area is 115 Å². The van der Waals surface area contributed by atoms with Crippen molar-refractivity contribution in [3.63, 3.8) is 0 Å². The zero-order chi connectivity index (χ0) is 13.8. The summed E-state index contributed by atoms with van der Waals surface area (Å²) in [5.74, 6) is 0.870. The summed E-state index contributed by atoms with van der Waals surface area (Å²) in [6.45, 7) is 3.97. The van der Waals surface area contributed by atoms with Crippen molar-refractivity contribution < 1.29 is 8.81 Å². The van der Waals surface area contributed by atoms with Crippen LogP contribution in [0.1, 0.15) is 31.3 Å². The van der Waals surface area contributed by atoms with Crippen LogP contribution in [0.2, 0.25) is 0 Å². The third-order valence-corrected chi connectivity index (χ3v) is 3.60. The van der Waals surface area contributed by atoms with Gasteiger partial charge in [0.15, 0.2) is 0 Å². The topological polar surface area (TPSA) is 64.9 Å². The van der Waals surface area contributed by atoms with Crippen molar-refractivity contribution in [2.75, 3.05) is 0 Å². The molecule has 19 heavy (non-hydrogen) atoms. The van der Waals surface area contributed by atoms with Gasteiger partial charge in [-0.3, -0.25) is 0 Å². The van der Waals surface area contributed by atoms with Crippen molar-refractivity contribution in [1.29, 1.82) is 0 Å². The third kappa shape index (κ3) is 3.54. The molecular formula is C13H16FN3OS. The molecule has 0 fully saturated rings. The van der Waals surface area contributed by atoms with E-state index >= 15 is 0 Å². The lowest BCUT2D eigenvalue weighted by Crippen LogP contribution is -2.16. The summed E-state index contributed by atoms with van der Waals surface area (Å²) < 4.78 is 18.9. The highest BCUT2D eigenvalue weighted by molar-refractivity contribution is 7.98. The minimum absolute atomic E-state index is 0.227. The largest absolute Gasteiger partial charge is 0.414 e. The summed E-state index contributed by atoms with van der Waals surface area (Å²) in [6, 6.07) is 6.36. The summed E-state index contributed by atoms with van der Waals surface area (Å²) >= 11 is 1.30. The van der Waals surface area contributed by atoms with Crippen molar-refractivity contribution in [2.24, 2.45) is 11.7 Å². The quantitative estimate of drug-likeness (QED) is 0.853. The highest BCUT2D eigenvalue weighted by Gasteiger charge is 2.18. The van der Waals surface area contributed by atoms with E-state index in [0.29, 0.717) is 22.4 Å². The molecule has 0 saturated heterocycles. The molecule has 1 atom stereocenters. The van der Waals surface area contributed by atoms with Gasteiger partial charge in [0, 0.05) is 5.75 Å². The average Bonchev–Trinajstić information content (AvgIpc) is 2.85. The van der Waals surface area contributed by atoms with Gasteiger partial charge in [0.05, 0.1) is 6.04 Å². The lowest BCUT2D eigenvalue weighted by Gasteiger charge is -2.09. The fraction of sp³-hybridized carbons (Fsp3) is 0.385. The molecule has 0 saturated carbocycles. The summed E-state index contributed by atoms with van der Waals surface area (Å²) in [5.41, 5.74) is 6.53. The van der Waals surface area contributed by atoms with Crippen LogP contribution < -0.4 is 5.73 Å². The highest BCUT2D eigenvalue weighted by Crippen LogP contribution is 2.25. The maximum atomic E-state index is 13.4. The van der Waals surface area contributed by atoms with Crippen molar-refractivity contribution >= 4 is 11.8 Å². The minimum Gasteiger partial charge on any atom is -0.414 e. The number of hydrogen-bond donors (Lipinski definition) is 1. The number of nitrogens with two attached hydrogens (primary N) is 1. The molecule has 2 N–H and O–H groups in total. The Kier molecular flexibility index (Phi) is 4.55. The number of rotatable bonds is 5. The fourth-order valence-electron chi connectivity index (χ4n) is 1.45. The maximum absolute atomic E-state index is 13.4. The second-order valence-corrected chi connectivity index (χ2v) is 5.48. The zero-order valence-corrected chi connectivity index (χ0v) is 11.7. The molecule has 0 spiro atoms. The summed E-state index contributed by atoms with van der Waals surface area (Å²) in [5, 5.41) is 8.24. The molecular weight excluding hydrogens is 265 g/mol. The fourth-order valence-corrected chi connectivity index (χ4v) is 2.21. The maximum Gasteiger partial charge on any atom is 0.276 e. The van der Waals surface area contributed by atoms with Gasteiger partial charge in [-0.2, -0.15) is 0 Å². The van der Waals surface area contributed by atoms with Crippen LogP contribution in [-0.2, 0) is 5.75 Å². The van der Waals surface area contributed by atoms with Gasteiger partial charge in [-0.1, -0.05) is 43.8 Å². The van der Waals surface area contributed by atoms with Gasteiger partial charge >= 0.3 is 0 Å². The molecule has 0 aliphatic heterocycles. The first kappa shape index (κ1) is 14.0. The molecule has 0 bridgehead atoms. The van der Waals surface area contributed by atoms with E-state index in [9.17, 15) is 4.39 Å². The predicted molar refractivity (Wildman–Crippen MR) is 72.0 cm³/mol. The summed E-state index contributed by atoms with van der Waals surface area (Å²) in [6.07, 6.45) is 0. The number of benzene rings is 1. The second kappa shape index (κ2) is 6.16. The normalized spacial score (nSPS) is 12.9. The van der Waals surface area contributed by atoms with Crippen LogP contribution in [0.3, 0.4) is 0 Å². The van der Waals surface area contributed by atoms with Gasteiger partial charge in [-0.05, 0) is 17.5 Å². The first-order valence-electron chi connectivity index (χ1n) is 6.03. The number of nitrogens with zero attached hydrogens (tertiary/aromatic N) is 2. The zero-order valence-electron chi connectivity index (χ0n) is 10.8. The standard InChI is InChI=1S/C13H16FN3OS/c1-8(2)11(15)12-16-17-13(18-12)19-7-9-5-3-4-6-10(9)14/h3-6,8,11H,7,15H2,1-2H3/t11-/m1/s1. The Bertz CT molecular complexity index is 544. The molecule has 0 radical (unpaired) electrons.